The Morgan fingerprint density at radius 1 is 1.25 bits per heavy atom. The van der Waals surface area contributed by atoms with Gasteiger partial charge in [0.05, 0.1) is 6.20 Å². The maximum atomic E-state index is 4.04. The fourth-order valence-corrected chi connectivity index (χ4v) is 0.764. The largest absolute Gasteiger partial charge is 0.237 e. The second-order valence-electron chi connectivity index (χ2n) is 3.56. The SMILES string of the molecule is CC.CCC(C)C.c1cnc2ccnn2c1. The first-order valence-corrected chi connectivity index (χ1v) is 5.98. The lowest BCUT2D eigenvalue weighted by atomic mass is 10.2. The van der Waals surface area contributed by atoms with Gasteiger partial charge in [-0.1, -0.05) is 41.0 Å². The number of hydrogen-bond donors (Lipinski definition) is 0. The standard InChI is InChI=1S/C6H5N3.C5H12.C2H6/c1-3-7-6-2-4-8-9(6)5-1;1-4-5(2)3;1-2/h1-5H;5H,4H2,1-3H3;1-2H3. The number of hydrogen-bond acceptors (Lipinski definition) is 2. The van der Waals surface area contributed by atoms with Gasteiger partial charge in [0.25, 0.3) is 0 Å². The highest BCUT2D eigenvalue weighted by molar-refractivity contribution is 5.33. The van der Waals surface area contributed by atoms with Gasteiger partial charge in [-0.3, -0.25) is 0 Å². The van der Waals surface area contributed by atoms with Crippen molar-refractivity contribution in [3.8, 4) is 0 Å². The first-order valence-electron chi connectivity index (χ1n) is 5.98. The van der Waals surface area contributed by atoms with E-state index in [0.717, 1.165) is 11.6 Å². The summed E-state index contributed by atoms with van der Waals surface area (Å²) in [6.45, 7) is 10.6. The summed E-state index contributed by atoms with van der Waals surface area (Å²) in [4.78, 5) is 4.04. The van der Waals surface area contributed by atoms with Gasteiger partial charge >= 0.3 is 0 Å². The molecule has 0 spiro atoms. The van der Waals surface area contributed by atoms with Gasteiger partial charge in [0.1, 0.15) is 0 Å². The molecule has 0 saturated carbocycles. The molecule has 90 valence electrons. The summed E-state index contributed by atoms with van der Waals surface area (Å²) in [5, 5.41) is 3.97. The second kappa shape index (κ2) is 8.89. The van der Waals surface area contributed by atoms with Crippen molar-refractivity contribution in [3.63, 3.8) is 0 Å². The van der Waals surface area contributed by atoms with Crippen molar-refractivity contribution in [1.29, 1.82) is 0 Å². The van der Waals surface area contributed by atoms with Gasteiger partial charge in [-0.25, -0.2) is 9.50 Å². The fourth-order valence-electron chi connectivity index (χ4n) is 0.764. The highest BCUT2D eigenvalue weighted by Crippen LogP contribution is 1.94. The third-order valence-electron chi connectivity index (χ3n) is 1.99. The monoisotopic (exact) mass is 221 g/mol. The third kappa shape index (κ3) is 5.49. The molecule has 2 rings (SSSR count). The van der Waals surface area contributed by atoms with E-state index in [-0.39, 0.29) is 0 Å². The lowest BCUT2D eigenvalue weighted by Gasteiger charge is -1.90. The van der Waals surface area contributed by atoms with Crippen LogP contribution in [0.5, 0.6) is 0 Å². The molecule has 0 unspecified atom stereocenters. The quantitative estimate of drug-likeness (QED) is 0.733. The van der Waals surface area contributed by atoms with Crippen LogP contribution in [-0.2, 0) is 0 Å². The van der Waals surface area contributed by atoms with Crippen molar-refractivity contribution in [1.82, 2.24) is 14.6 Å². The summed E-state index contributed by atoms with van der Waals surface area (Å²) >= 11 is 0. The number of fused-ring (bicyclic) bond motifs is 1. The van der Waals surface area contributed by atoms with Crippen molar-refractivity contribution in [2.24, 2.45) is 5.92 Å². The Morgan fingerprint density at radius 3 is 2.38 bits per heavy atom. The van der Waals surface area contributed by atoms with Crippen LogP contribution in [0.1, 0.15) is 41.0 Å². The Labute approximate surface area is 98.5 Å². The number of aromatic nitrogens is 3. The molecule has 0 N–H and O–H groups in total. The predicted molar refractivity (Wildman–Crippen MR) is 69.5 cm³/mol. The molecule has 0 aliphatic heterocycles. The van der Waals surface area contributed by atoms with E-state index in [4.69, 9.17) is 0 Å². The van der Waals surface area contributed by atoms with E-state index < -0.39 is 0 Å². The highest BCUT2D eigenvalue weighted by atomic mass is 15.2. The van der Waals surface area contributed by atoms with Crippen LogP contribution in [-0.4, -0.2) is 14.6 Å². The van der Waals surface area contributed by atoms with E-state index in [1.54, 1.807) is 16.9 Å². The molecule has 2 aromatic heterocycles. The molecule has 0 atom stereocenters. The zero-order valence-corrected chi connectivity index (χ0v) is 11.0. The zero-order chi connectivity index (χ0) is 12.4. The van der Waals surface area contributed by atoms with Crippen molar-refractivity contribution in [3.05, 3.63) is 30.7 Å². The Bertz CT molecular complexity index is 336. The van der Waals surface area contributed by atoms with Gasteiger partial charge in [-0.2, -0.15) is 5.10 Å². The molecule has 2 aromatic rings. The molecule has 0 aliphatic carbocycles. The summed E-state index contributed by atoms with van der Waals surface area (Å²) in [7, 11) is 0. The molecular formula is C13H23N3. The molecule has 0 saturated heterocycles. The zero-order valence-electron chi connectivity index (χ0n) is 11.0. The van der Waals surface area contributed by atoms with Crippen LogP contribution < -0.4 is 0 Å². The highest BCUT2D eigenvalue weighted by Gasteiger charge is 1.87. The summed E-state index contributed by atoms with van der Waals surface area (Å²) in [6, 6.07) is 3.71. The van der Waals surface area contributed by atoms with E-state index in [2.05, 4.69) is 30.9 Å². The molecule has 3 heteroatoms. The summed E-state index contributed by atoms with van der Waals surface area (Å²) in [5.74, 6) is 0.884. The maximum absolute atomic E-state index is 4.04. The Balaban J connectivity index is 0.000000280. The Hall–Kier alpha value is -1.38. The average Bonchev–Trinajstić information content (AvgIpc) is 2.80. The molecule has 0 amide bonds. The fraction of sp³-hybridized carbons (Fsp3) is 0.538. The molecule has 3 nitrogen and oxygen atoms in total. The van der Waals surface area contributed by atoms with Crippen LogP contribution in [0.25, 0.3) is 5.65 Å². The van der Waals surface area contributed by atoms with Gasteiger partial charge in [-0.15, -0.1) is 0 Å². The van der Waals surface area contributed by atoms with Crippen molar-refractivity contribution in [2.75, 3.05) is 0 Å². The smallest absolute Gasteiger partial charge is 0.154 e. The second-order valence-corrected chi connectivity index (χ2v) is 3.56. The topological polar surface area (TPSA) is 30.2 Å². The van der Waals surface area contributed by atoms with Crippen LogP contribution in [0.4, 0.5) is 0 Å². The van der Waals surface area contributed by atoms with Gasteiger partial charge in [0.2, 0.25) is 0 Å². The Morgan fingerprint density at radius 2 is 1.88 bits per heavy atom. The summed E-state index contributed by atoms with van der Waals surface area (Å²) < 4.78 is 1.72. The Kier molecular flexibility index (Phi) is 8.12. The van der Waals surface area contributed by atoms with Gasteiger partial charge < -0.3 is 0 Å². The number of rotatable bonds is 1. The predicted octanol–water partition coefficient (Wildman–Crippen LogP) is 3.81. The third-order valence-corrected chi connectivity index (χ3v) is 1.99. The lowest BCUT2D eigenvalue weighted by Crippen LogP contribution is -1.85. The van der Waals surface area contributed by atoms with Gasteiger partial charge in [0, 0.05) is 18.5 Å². The van der Waals surface area contributed by atoms with Crippen LogP contribution in [0, 0.1) is 5.92 Å². The van der Waals surface area contributed by atoms with E-state index in [9.17, 15) is 0 Å². The molecule has 2 heterocycles. The van der Waals surface area contributed by atoms with Crippen LogP contribution >= 0.6 is 0 Å². The normalized spacial score (nSPS) is 9.12. The summed E-state index contributed by atoms with van der Waals surface area (Å²) in [6.07, 6.45) is 6.64. The van der Waals surface area contributed by atoms with Crippen molar-refractivity contribution in [2.45, 2.75) is 41.0 Å². The van der Waals surface area contributed by atoms with E-state index >= 15 is 0 Å². The van der Waals surface area contributed by atoms with Crippen LogP contribution in [0.15, 0.2) is 30.7 Å². The maximum Gasteiger partial charge on any atom is 0.154 e. The lowest BCUT2D eigenvalue weighted by molar-refractivity contribution is 0.626. The van der Waals surface area contributed by atoms with Crippen LogP contribution in [0.2, 0.25) is 0 Å². The van der Waals surface area contributed by atoms with Gasteiger partial charge in [0.15, 0.2) is 5.65 Å². The van der Waals surface area contributed by atoms with E-state index in [1.165, 1.54) is 6.42 Å². The number of nitrogens with zero attached hydrogens (tertiary/aromatic N) is 3. The minimum Gasteiger partial charge on any atom is -0.237 e. The van der Waals surface area contributed by atoms with E-state index in [1.807, 2.05) is 32.2 Å². The molecule has 16 heavy (non-hydrogen) atoms. The van der Waals surface area contributed by atoms with Gasteiger partial charge in [-0.05, 0) is 12.0 Å². The molecule has 0 bridgehead atoms. The van der Waals surface area contributed by atoms with Crippen molar-refractivity contribution < 1.29 is 0 Å². The summed E-state index contributed by atoms with van der Waals surface area (Å²) in [5.41, 5.74) is 0.887. The van der Waals surface area contributed by atoms with Crippen molar-refractivity contribution >= 4 is 5.65 Å². The average molecular weight is 221 g/mol. The molecule has 0 fully saturated rings. The van der Waals surface area contributed by atoms with E-state index in [0.29, 0.717) is 0 Å². The first kappa shape index (κ1) is 14.6. The molecule has 0 radical (unpaired) electrons. The minimum absolute atomic E-state index is 0.884. The first-order chi connectivity index (χ1) is 7.74. The molecule has 0 aromatic carbocycles. The van der Waals surface area contributed by atoms with Crippen LogP contribution in [0.3, 0.4) is 0 Å². The minimum atomic E-state index is 0.884. The molecule has 0 aliphatic rings. The molecular weight excluding hydrogens is 198 g/mol.